The minimum atomic E-state index is -3.81. The van der Waals surface area contributed by atoms with E-state index in [1.807, 2.05) is 0 Å². The van der Waals surface area contributed by atoms with E-state index >= 15 is 0 Å². The molecule has 0 heterocycles. The number of sulfone groups is 1. The molecule has 21 heavy (non-hydrogen) atoms. The zero-order chi connectivity index (χ0) is 15.5. The number of aromatic hydroxyl groups is 1. The second-order valence-corrected chi connectivity index (χ2v) is 6.56. The molecular formula is C15H14O5S. The van der Waals surface area contributed by atoms with Crippen LogP contribution < -0.4 is 4.74 Å². The molecule has 2 aromatic rings. The molecule has 110 valence electrons. The van der Waals surface area contributed by atoms with Gasteiger partial charge < -0.3 is 9.84 Å². The zero-order valence-corrected chi connectivity index (χ0v) is 12.1. The highest BCUT2D eigenvalue weighted by molar-refractivity contribution is 7.91. The van der Waals surface area contributed by atoms with Gasteiger partial charge in [0.2, 0.25) is 5.78 Å². The summed E-state index contributed by atoms with van der Waals surface area (Å²) in [5, 5.41) is 9.69. The fraction of sp³-hybridized carbons (Fsp3) is 0.133. The van der Waals surface area contributed by atoms with E-state index in [9.17, 15) is 18.3 Å². The van der Waals surface area contributed by atoms with Crippen molar-refractivity contribution in [2.75, 3.05) is 6.26 Å². The van der Waals surface area contributed by atoms with E-state index in [4.69, 9.17) is 4.74 Å². The maximum atomic E-state index is 12.4. The number of Topliss-reactive ketones (excluding diaryl/α,β-unsaturated/α-hetero) is 1. The van der Waals surface area contributed by atoms with Crippen LogP contribution in [0.5, 0.6) is 11.5 Å². The van der Waals surface area contributed by atoms with Gasteiger partial charge in [0.15, 0.2) is 9.84 Å². The minimum Gasteiger partial charge on any atom is -0.507 e. The van der Waals surface area contributed by atoms with Crippen LogP contribution in [0.3, 0.4) is 0 Å². The molecule has 0 aliphatic carbocycles. The Morgan fingerprint density at radius 3 is 2.19 bits per heavy atom. The molecule has 0 aliphatic rings. The summed E-state index contributed by atoms with van der Waals surface area (Å²) in [5.74, 6) is -0.830. The summed E-state index contributed by atoms with van der Waals surface area (Å²) in [7, 11) is -3.81. The van der Waals surface area contributed by atoms with Crippen LogP contribution in [-0.2, 0) is 9.84 Å². The molecular weight excluding hydrogens is 292 g/mol. The summed E-state index contributed by atoms with van der Waals surface area (Å²) in [6.45, 7) is 0. The van der Waals surface area contributed by atoms with E-state index in [-0.39, 0.29) is 17.1 Å². The molecule has 0 saturated carbocycles. The van der Waals surface area contributed by atoms with Crippen molar-refractivity contribution in [1.82, 2.24) is 0 Å². The van der Waals surface area contributed by atoms with Gasteiger partial charge in [-0.15, -0.1) is 0 Å². The van der Waals surface area contributed by atoms with Crippen molar-refractivity contribution < 1.29 is 23.1 Å². The summed E-state index contributed by atoms with van der Waals surface area (Å²) < 4.78 is 29.0. The first-order valence-electron chi connectivity index (χ1n) is 6.12. The van der Waals surface area contributed by atoms with Gasteiger partial charge in [-0.1, -0.05) is 30.3 Å². The summed E-state index contributed by atoms with van der Waals surface area (Å²) in [4.78, 5) is 12.4. The van der Waals surface area contributed by atoms with Crippen molar-refractivity contribution in [3.05, 3.63) is 60.2 Å². The Morgan fingerprint density at radius 2 is 1.62 bits per heavy atom. The molecule has 0 amide bonds. The third kappa shape index (κ3) is 3.61. The second kappa shape index (κ2) is 5.97. The van der Waals surface area contributed by atoms with Crippen LogP contribution >= 0.6 is 0 Å². The maximum Gasteiger partial charge on any atom is 0.260 e. The smallest absolute Gasteiger partial charge is 0.260 e. The molecule has 0 aliphatic heterocycles. The van der Waals surface area contributed by atoms with Crippen LogP contribution in [0.4, 0.5) is 0 Å². The van der Waals surface area contributed by atoms with Gasteiger partial charge in [-0.2, -0.15) is 0 Å². The first-order chi connectivity index (χ1) is 9.89. The first kappa shape index (κ1) is 15.1. The highest BCUT2D eigenvalue weighted by Crippen LogP contribution is 2.22. The van der Waals surface area contributed by atoms with E-state index in [2.05, 4.69) is 0 Å². The Labute approximate surface area is 122 Å². The predicted molar refractivity (Wildman–Crippen MR) is 78.1 cm³/mol. The highest BCUT2D eigenvalue weighted by atomic mass is 32.2. The lowest BCUT2D eigenvalue weighted by Crippen LogP contribution is -2.35. The average Bonchev–Trinajstić information content (AvgIpc) is 2.44. The van der Waals surface area contributed by atoms with Crippen LogP contribution in [0.15, 0.2) is 54.6 Å². The van der Waals surface area contributed by atoms with E-state index in [1.165, 1.54) is 18.2 Å². The molecule has 2 rings (SSSR count). The summed E-state index contributed by atoms with van der Waals surface area (Å²) in [6, 6.07) is 13.9. The van der Waals surface area contributed by atoms with Gasteiger partial charge in [0.1, 0.15) is 11.5 Å². The SMILES string of the molecule is CS(=O)(=O)C(Oc1ccccc1)C(=O)c1ccccc1O. The van der Waals surface area contributed by atoms with Crippen LogP contribution in [0.25, 0.3) is 0 Å². The Morgan fingerprint density at radius 1 is 1.05 bits per heavy atom. The fourth-order valence-corrected chi connectivity index (χ4v) is 2.57. The standard InChI is InChI=1S/C15H14O5S/c1-21(18,19)15(20-11-7-3-2-4-8-11)14(17)12-9-5-6-10-13(12)16/h2-10,15-16H,1H3. The van der Waals surface area contributed by atoms with Crippen molar-refractivity contribution in [1.29, 1.82) is 0 Å². The van der Waals surface area contributed by atoms with Crippen LogP contribution in [0.2, 0.25) is 0 Å². The lowest BCUT2D eigenvalue weighted by molar-refractivity contribution is 0.0881. The Bertz CT molecular complexity index is 738. The van der Waals surface area contributed by atoms with E-state index in [0.29, 0.717) is 0 Å². The Kier molecular flexibility index (Phi) is 4.28. The van der Waals surface area contributed by atoms with Crippen molar-refractivity contribution in [2.45, 2.75) is 5.44 Å². The molecule has 1 atom stereocenters. The van der Waals surface area contributed by atoms with Gasteiger partial charge in [-0.3, -0.25) is 4.79 Å². The fourth-order valence-electron chi connectivity index (χ4n) is 1.77. The lowest BCUT2D eigenvalue weighted by atomic mass is 10.1. The largest absolute Gasteiger partial charge is 0.507 e. The van der Waals surface area contributed by atoms with Gasteiger partial charge in [0.25, 0.3) is 5.44 Å². The third-order valence-corrected chi connectivity index (χ3v) is 3.85. The zero-order valence-electron chi connectivity index (χ0n) is 11.3. The third-order valence-electron chi connectivity index (χ3n) is 2.76. The van der Waals surface area contributed by atoms with Crippen LogP contribution in [0, 0.1) is 0 Å². The summed E-state index contributed by atoms with van der Waals surface area (Å²) >= 11 is 0. The van der Waals surface area contributed by atoms with Crippen molar-refractivity contribution in [2.24, 2.45) is 0 Å². The molecule has 0 spiro atoms. The molecule has 1 unspecified atom stereocenters. The van der Waals surface area contributed by atoms with Gasteiger partial charge in [-0.25, -0.2) is 8.42 Å². The molecule has 5 nitrogen and oxygen atoms in total. The normalized spacial score (nSPS) is 12.6. The number of hydrogen-bond acceptors (Lipinski definition) is 5. The van der Waals surface area contributed by atoms with Crippen molar-refractivity contribution in [3.63, 3.8) is 0 Å². The number of phenols is 1. The monoisotopic (exact) mass is 306 g/mol. The van der Waals surface area contributed by atoms with Gasteiger partial charge in [0.05, 0.1) is 5.56 Å². The minimum absolute atomic E-state index is 0.0937. The van der Waals surface area contributed by atoms with Gasteiger partial charge in [0, 0.05) is 6.26 Å². The molecule has 1 N–H and O–H groups in total. The molecule has 0 bridgehead atoms. The van der Waals surface area contributed by atoms with Gasteiger partial charge in [-0.05, 0) is 24.3 Å². The number of ketones is 1. The number of benzene rings is 2. The van der Waals surface area contributed by atoms with E-state index < -0.39 is 21.1 Å². The molecule has 0 saturated heterocycles. The van der Waals surface area contributed by atoms with E-state index in [1.54, 1.807) is 36.4 Å². The van der Waals surface area contributed by atoms with Crippen LogP contribution in [-0.4, -0.2) is 31.0 Å². The van der Waals surface area contributed by atoms with Crippen molar-refractivity contribution in [3.8, 4) is 11.5 Å². The number of hydrogen-bond donors (Lipinski definition) is 1. The number of phenolic OH excluding ortho intramolecular Hbond substituents is 1. The molecule has 0 aromatic heterocycles. The average molecular weight is 306 g/mol. The molecule has 0 fully saturated rings. The number of carbonyl (C=O) groups excluding carboxylic acids is 1. The number of ether oxygens (including phenoxy) is 1. The predicted octanol–water partition coefficient (Wildman–Crippen LogP) is 2.02. The lowest BCUT2D eigenvalue weighted by Gasteiger charge is -2.16. The summed E-state index contributed by atoms with van der Waals surface area (Å²) in [5.41, 5.74) is -1.79. The van der Waals surface area contributed by atoms with Crippen molar-refractivity contribution >= 4 is 15.6 Å². The number of carbonyl (C=O) groups is 1. The van der Waals surface area contributed by atoms with E-state index in [0.717, 1.165) is 6.26 Å². The van der Waals surface area contributed by atoms with Gasteiger partial charge >= 0.3 is 0 Å². The Balaban J connectivity index is 2.38. The quantitative estimate of drug-likeness (QED) is 0.855. The number of para-hydroxylation sites is 2. The molecule has 6 heteroatoms. The summed E-state index contributed by atoms with van der Waals surface area (Å²) in [6.07, 6.45) is 0.915. The topological polar surface area (TPSA) is 80.7 Å². The first-order valence-corrected chi connectivity index (χ1v) is 8.08. The second-order valence-electron chi connectivity index (χ2n) is 4.47. The number of rotatable bonds is 5. The molecule has 0 radical (unpaired) electrons. The molecule has 2 aromatic carbocycles. The van der Waals surface area contributed by atoms with Crippen LogP contribution in [0.1, 0.15) is 10.4 Å². The Hall–Kier alpha value is -2.34. The highest BCUT2D eigenvalue weighted by Gasteiger charge is 2.33. The maximum absolute atomic E-state index is 12.4.